The zero-order valence-electron chi connectivity index (χ0n) is 26.7. The lowest BCUT2D eigenvalue weighted by Crippen LogP contribution is -2.54. The molecular weight excluding hydrogens is 598 g/mol. The molecule has 1 saturated heterocycles. The van der Waals surface area contributed by atoms with Crippen molar-refractivity contribution in [1.82, 2.24) is 25.4 Å². The summed E-state index contributed by atoms with van der Waals surface area (Å²) in [5, 5.41) is 7.95. The minimum atomic E-state index is -3.92. The van der Waals surface area contributed by atoms with Gasteiger partial charge in [-0.1, -0.05) is 38.3 Å². The Morgan fingerprint density at radius 1 is 0.978 bits per heavy atom. The Morgan fingerprint density at radius 3 is 2.24 bits per heavy atom. The van der Waals surface area contributed by atoms with Crippen molar-refractivity contribution in [2.24, 2.45) is 5.92 Å². The zero-order valence-corrected chi connectivity index (χ0v) is 26.7. The van der Waals surface area contributed by atoms with Gasteiger partial charge in [-0.05, 0) is 49.6 Å². The Morgan fingerprint density at radius 2 is 1.65 bits per heavy atom. The number of nitrogens with zero attached hydrogens (tertiary/aromatic N) is 3. The Hall–Kier alpha value is -4.13. The highest BCUT2D eigenvalue weighted by Crippen LogP contribution is 2.31. The number of pyridine rings is 1. The summed E-state index contributed by atoms with van der Waals surface area (Å²) in [6.07, 6.45) is 5.29. The molecule has 1 saturated carbocycles. The van der Waals surface area contributed by atoms with Crippen molar-refractivity contribution in [2.45, 2.75) is 69.9 Å². The molecule has 46 heavy (non-hydrogen) atoms. The lowest BCUT2D eigenvalue weighted by molar-refractivity contribution is -0.149. The van der Waals surface area contributed by atoms with Crippen LogP contribution in [-0.2, 0) is 31.5 Å². The normalized spacial score (nSPS) is 17.5. The van der Waals surface area contributed by atoms with Gasteiger partial charge in [0.15, 0.2) is 0 Å². The fourth-order valence-electron chi connectivity index (χ4n) is 5.84. The molecule has 4 amide bonds. The number of rotatable bonds is 12. The highest BCUT2D eigenvalue weighted by molar-refractivity contribution is 5.98. The number of aromatic nitrogens is 1. The van der Waals surface area contributed by atoms with Crippen LogP contribution in [0.2, 0.25) is 0 Å². The van der Waals surface area contributed by atoms with Crippen LogP contribution in [0.5, 0.6) is 5.88 Å². The minimum absolute atomic E-state index is 0.133. The van der Waals surface area contributed by atoms with Gasteiger partial charge in [-0.2, -0.15) is 8.78 Å². The first-order chi connectivity index (χ1) is 22.0. The molecule has 3 N–H and O–H groups in total. The molecule has 2 aliphatic rings. The molecule has 1 aromatic carbocycles. The zero-order chi connectivity index (χ0) is 33.3. The van der Waals surface area contributed by atoms with Crippen molar-refractivity contribution in [3.63, 3.8) is 0 Å². The van der Waals surface area contributed by atoms with E-state index in [1.807, 2.05) is 7.05 Å². The van der Waals surface area contributed by atoms with E-state index < -0.39 is 35.4 Å². The number of hydrogen-bond donors (Lipinski definition) is 3. The lowest BCUT2D eigenvalue weighted by Gasteiger charge is -2.34. The van der Waals surface area contributed by atoms with Gasteiger partial charge in [0, 0.05) is 62.5 Å². The van der Waals surface area contributed by atoms with E-state index in [4.69, 9.17) is 4.74 Å². The van der Waals surface area contributed by atoms with Gasteiger partial charge < -0.3 is 30.5 Å². The van der Waals surface area contributed by atoms with Crippen LogP contribution in [0.4, 0.5) is 14.5 Å². The summed E-state index contributed by atoms with van der Waals surface area (Å²) in [5.41, 5.74) is 0.574. The topological polar surface area (TPSA) is 133 Å². The summed E-state index contributed by atoms with van der Waals surface area (Å²) in [4.78, 5) is 59.6. The predicted molar refractivity (Wildman–Crippen MR) is 168 cm³/mol. The average molecular weight is 643 g/mol. The average Bonchev–Trinajstić information content (AvgIpc) is 3.07. The number of hydrogen-bond acceptors (Lipinski definition) is 7. The van der Waals surface area contributed by atoms with Crippen molar-refractivity contribution in [3.8, 4) is 5.88 Å². The first-order valence-electron chi connectivity index (χ1n) is 15.9. The number of alkyl halides is 2. The van der Waals surface area contributed by atoms with Gasteiger partial charge in [-0.25, -0.2) is 4.98 Å². The van der Waals surface area contributed by atoms with Gasteiger partial charge in [0.2, 0.25) is 23.6 Å². The summed E-state index contributed by atoms with van der Waals surface area (Å²) in [6, 6.07) is 7.22. The first-order valence-corrected chi connectivity index (χ1v) is 15.9. The van der Waals surface area contributed by atoms with Crippen LogP contribution in [0.1, 0.15) is 56.6 Å². The molecule has 0 unspecified atom stereocenters. The van der Waals surface area contributed by atoms with Crippen LogP contribution in [0.3, 0.4) is 0 Å². The molecule has 0 radical (unpaired) electrons. The van der Waals surface area contributed by atoms with Crippen LogP contribution in [-0.4, -0.2) is 90.8 Å². The molecule has 1 aromatic heterocycles. The van der Waals surface area contributed by atoms with E-state index in [-0.39, 0.29) is 36.5 Å². The molecule has 0 bridgehead atoms. The van der Waals surface area contributed by atoms with Crippen LogP contribution in [0.15, 0.2) is 42.6 Å². The summed E-state index contributed by atoms with van der Waals surface area (Å²) in [7, 11) is 3.35. The maximum absolute atomic E-state index is 15.2. The van der Waals surface area contributed by atoms with Crippen LogP contribution in [0, 0.1) is 5.92 Å². The molecule has 2 heterocycles. The summed E-state index contributed by atoms with van der Waals surface area (Å²) in [6.45, 7) is 4.41. The molecule has 11 nitrogen and oxygen atoms in total. The standard InChI is InChI=1S/C33H44F2N6O5/c1-4-27(42)38-26(31(44)41-18-16-40(2)17-19-41)20-22-10-13-25(14-11-22)37-30(43)29(23-8-6-5-7-9-23)39-32(45)33(34,35)24-12-15-28(46-3)36-21-24/h10-15,21,23,26,29H,4-9,16-20H2,1-3H3,(H,37,43)(H,38,42)(H,39,45)/t26-,29+/m1/s1. The van der Waals surface area contributed by atoms with Gasteiger partial charge in [0.25, 0.3) is 5.91 Å². The third kappa shape index (κ3) is 8.99. The largest absolute Gasteiger partial charge is 0.481 e. The number of nitrogens with one attached hydrogen (secondary N) is 3. The van der Waals surface area contributed by atoms with Crippen molar-refractivity contribution in [2.75, 3.05) is 45.7 Å². The van der Waals surface area contributed by atoms with Crippen LogP contribution >= 0.6 is 0 Å². The Bertz CT molecular complexity index is 1340. The Labute approximate surface area is 268 Å². The van der Waals surface area contributed by atoms with Gasteiger partial charge in [-0.3, -0.25) is 19.2 Å². The Balaban J connectivity index is 1.44. The van der Waals surface area contributed by atoms with E-state index in [1.54, 1.807) is 36.1 Å². The molecule has 2 fully saturated rings. The number of methoxy groups -OCH3 is 1. The number of likely N-dealkylation sites (N-methyl/N-ethyl adjacent to an activating group) is 1. The van der Waals surface area contributed by atoms with Crippen molar-refractivity contribution < 1.29 is 32.7 Å². The molecule has 2 aromatic rings. The van der Waals surface area contributed by atoms with Gasteiger partial charge in [-0.15, -0.1) is 0 Å². The molecule has 250 valence electrons. The monoisotopic (exact) mass is 642 g/mol. The SMILES string of the molecule is CCC(=O)N[C@H](Cc1ccc(NC(=O)[C@@H](NC(=O)C(F)(F)c2ccc(OC)nc2)C2CCCCC2)cc1)C(=O)N1CCN(C)CC1. The summed E-state index contributed by atoms with van der Waals surface area (Å²) >= 11 is 0. The molecule has 2 atom stereocenters. The van der Waals surface area contributed by atoms with E-state index in [1.165, 1.54) is 13.2 Å². The number of benzene rings is 1. The highest BCUT2D eigenvalue weighted by atomic mass is 19.3. The third-order valence-electron chi connectivity index (χ3n) is 8.71. The second-order valence-corrected chi connectivity index (χ2v) is 12.0. The minimum Gasteiger partial charge on any atom is -0.481 e. The highest BCUT2D eigenvalue weighted by Gasteiger charge is 2.44. The van der Waals surface area contributed by atoms with Gasteiger partial charge in [0.05, 0.1) is 7.11 Å². The van der Waals surface area contributed by atoms with Crippen LogP contribution in [0.25, 0.3) is 0 Å². The van der Waals surface area contributed by atoms with E-state index in [9.17, 15) is 19.2 Å². The number of carbonyl (C=O) groups is 4. The smallest absolute Gasteiger partial charge is 0.351 e. The summed E-state index contributed by atoms with van der Waals surface area (Å²) in [5.74, 6) is -6.61. The van der Waals surface area contributed by atoms with E-state index in [2.05, 4.69) is 25.8 Å². The summed E-state index contributed by atoms with van der Waals surface area (Å²) < 4.78 is 35.2. The molecular formula is C33H44F2N6O5. The third-order valence-corrected chi connectivity index (χ3v) is 8.71. The van der Waals surface area contributed by atoms with Crippen LogP contribution < -0.4 is 20.7 Å². The number of halogens is 2. The molecule has 0 spiro atoms. The second kappa shape index (κ2) is 15.9. The fraction of sp³-hybridized carbons (Fsp3) is 0.545. The number of amides is 4. The first kappa shape index (κ1) is 34.7. The molecule has 1 aliphatic heterocycles. The van der Waals surface area contributed by atoms with E-state index >= 15 is 8.78 Å². The number of ether oxygens (including phenoxy) is 1. The quantitative estimate of drug-likeness (QED) is 0.324. The molecule has 1 aliphatic carbocycles. The maximum Gasteiger partial charge on any atom is 0.351 e. The van der Waals surface area contributed by atoms with Crippen molar-refractivity contribution in [3.05, 3.63) is 53.7 Å². The van der Waals surface area contributed by atoms with E-state index in [0.717, 1.165) is 50.2 Å². The fourth-order valence-corrected chi connectivity index (χ4v) is 5.84. The number of anilines is 1. The Kier molecular flexibility index (Phi) is 12.0. The lowest BCUT2D eigenvalue weighted by atomic mass is 9.83. The molecule has 4 rings (SSSR count). The van der Waals surface area contributed by atoms with Crippen molar-refractivity contribution in [1.29, 1.82) is 0 Å². The van der Waals surface area contributed by atoms with Gasteiger partial charge >= 0.3 is 5.92 Å². The van der Waals surface area contributed by atoms with Gasteiger partial charge in [0.1, 0.15) is 12.1 Å². The maximum atomic E-state index is 15.2. The van der Waals surface area contributed by atoms with Crippen molar-refractivity contribution >= 4 is 29.3 Å². The van der Waals surface area contributed by atoms with E-state index in [0.29, 0.717) is 31.6 Å². The predicted octanol–water partition coefficient (Wildman–Crippen LogP) is 3.10. The molecule has 13 heteroatoms. The number of carbonyl (C=O) groups excluding carboxylic acids is 4. The second-order valence-electron chi connectivity index (χ2n) is 12.0. The number of piperazine rings is 1.